The van der Waals surface area contributed by atoms with Crippen LogP contribution in [0.5, 0.6) is 11.5 Å². The van der Waals surface area contributed by atoms with Crippen molar-refractivity contribution in [3.05, 3.63) is 29.8 Å². The van der Waals surface area contributed by atoms with Gasteiger partial charge in [-0.25, -0.2) is 0 Å². The van der Waals surface area contributed by atoms with Gasteiger partial charge in [-0.1, -0.05) is 39.0 Å². The maximum absolute atomic E-state index is 12.0. The minimum absolute atomic E-state index is 0.0387. The lowest BCUT2D eigenvalue weighted by molar-refractivity contribution is -0.143. The van der Waals surface area contributed by atoms with Gasteiger partial charge in [-0.3, -0.25) is 4.79 Å². The number of methoxy groups -OCH3 is 1. The molecule has 0 N–H and O–H groups in total. The van der Waals surface area contributed by atoms with E-state index in [9.17, 15) is 4.79 Å². The molecule has 0 spiro atoms. The zero-order chi connectivity index (χ0) is 19.6. The Bertz CT molecular complexity index is 690. The summed E-state index contributed by atoms with van der Waals surface area (Å²) in [6, 6.07) is 5.76. The van der Waals surface area contributed by atoms with Gasteiger partial charge in [-0.2, -0.15) is 0 Å². The van der Waals surface area contributed by atoms with Gasteiger partial charge < -0.3 is 18.6 Å². The molecule has 0 aromatic heterocycles. The Hall–Kier alpha value is -1.79. The van der Waals surface area contributed by atoms with E-state index >= 15 is 0 Å². The van der Waals surface area contributed by atoms with Crippen LogP contribution in [0.4, 0.5) is 0 Å². The highest BCUT2D eigenvalue weighted by Gasteiger charge is 2.43. The van der Waals surface area contributed by atoms with Crippen molar-refractivity contribution in [1.82, 2.24) is 0 Å². The Morgan fingerprint density at radius 2 is 1.85 bits per heavy atom. The second kappa shape index (κ2) is 7.45. The predicted octanol–water partition coefficient (Wildman–Crippen LogP) is 4.77. The Morgan fingerprint density at radius 3 is 2.46 bits per heavy atom. The highest BCUT2D eigenvalue weighted by Crippen LogP contribution is 2.40. The average Bonchev–Trinajstić information content (AvgIpc) is 2.98. The molecular weight excluding hydrogens is 348 g/mol. The fourth-order valence-electron chi connectivity index (χ4n) is 2.51. The molecular formula is C20H30O5Si. The molecule has 0 saturated heterocycles. The molecule has 1 atom stereocenters. The Balaban J connectivity index is 2.27. The number of fused-ring (bicyclic) bond motifs is 1. The standard InChI is InChI=1S/C20H30O5Si/c1-19(2,3)26(6,7)25-20(4,13-18(21)22-5)11-10-15-8-9-16-17(12-15)24-14-23-16/h8-12H,13-14H2,1-7H3/b11-10+/t20-/m1/s1. The van der Waals surface area contributed by atoms with Gasteiger partial charge in [-0.15, -0.1) is 0 Å². The first kappa shape index (κ1) is 20.5. The van der Waals surface area contributed by atoms with Gasteiger partial charge in [0.15, 0.2) is 19.8 Å². The number of carbonyl (C=O) groups excluding carboxylic acids is 1. The van der Waals surface area contributed by atoms with Crippen molar-refractivity contribution in [3.8, 4) is 11.5 Å². The zero-order valence-corrected chi connectivity index (χ0v) is 17.8. The van der Waals surface area contributed by atoms with Crippen LogP contribution in [0.3, 0.4) is 0 Å². The number of hydrogen-bond donors (Lipinski definition) is 0. The molecule has 0 saturated carbocycles. The number of hydrogen-bond acceptors (Lipinski definition) is 5. The van der Waals surface area contributed by atoms with E-state index in [0.717, 1.165) is 17.1 Å². The summed E-state index contributed by atoms with van der Waals surface area (Å²) in [5, 5.41) is 0.0387. The fourth-order valence-corrected chi connectivity index (χ4v) is 4.13. The lowest BCUT2D eigenvalue weighted by atomic mass is 10.0. The molecule has 26 heavy (non-hydrogen) atoms. The van der Waals surface area contributed by atoms with E-state index in [4.69, 9.17) is 18.6 Å². The highest BCUT2D eigenvalue weighted by atomic mass is 28.4. The summed E-state index contributed by atoms with van der Waals surface area (Å²) >= 11 is 0. The second-order valence-corrected chi connectivity index (χ2v) is 13.1. The molecule has 0 aliphatic carbocycles. The third kappa shape index (κ3) is 4.89. The maximum Gasteiger partial charge on any atom is 0.308 e. The molecule has 1 aromatic carbocycles. The number of esters is 1. The molecule has 0 unspecified atom stereocenters. The molecule has 1 heterocycles. The Kier molecular flexibility index (Phi) is 5.88. The lowest BCUT2D eigenvalue weighted by Crippen LogP contribution is -2.48. The quantitative estimate of drug-likeness (QED) is 0.527. The molecule has 2 rings (SSSR count). The van der Waals surface area contributed by atoms with Crippen LogP contribution in [0.2, 0.25) is 18.1 Å². The first-order valence-corrected chi connectivity index (χ1v) is 11.7. The summed E-state index contributed by atoms with van der Waals surface area (Å²) in [5.41, 5.74) is 0.219. The smallest absolute Gasteiger partial charge is 0.308 e. The number of ether oxygens (including phenoxy) is 3. The van der Waals surface area contributed by atoms with Gasteiger partial charge in [0.05, 0.1) is 19.1 Å². The summed E-state index contributed by atoms with van der Waals surface area (Å²) in [6.45, 7) is 13.1. The van der Waals surface area contributed by atoms with Crippen molar-refractivity contribution in [1.29, 1.82) is 0 Å². The summed E-state index contributed by atoms with van der Waals surface area (Å²) < 4.78 is 22.2. The normalized spacial score (nSPS) is 16.6. The molecule has 1 aliphatic heterocycles. The van der Waals surface area contributed by atoms with Crippen LogP contribution in [0.1, 0.15) is 39.7 Å². The fraction of sp³-hybridized carbons (Fsp3) is 0.550. The van der Waals surface area contributed by atoms with Crippen LogP contribution < -0.4 is 9.47 Å². The monoisotopic (exact) mass is 378 g/mol. The van der Waals surface area contributed by atoms with Crippen LogP contribution in [-0.2, 0) is 14.0 Å². The number of benzene rings is 1. The summed E-state index contributed by atoms with van der Waals surface area (Å²) in [5.74, 6) is 1.19. The van der Waals surface area contributed by atoms with Crippen LogP contribution in [0.15, 0.2) is 24.3 Å². The molecule has 0 bridgehead atoms. The van der Waals surface area contributed by atoms with Crippen molar-refractivity contribution < 1.29 is 23.4 Å². The lowest BCUT2D eigenvalue weighted by Gasteiger charge is -2.42. The minimum Gasteiger partial charge on any atom is -0.469 e. The molecule has 1 aliphatic rings. The van der Waals surface area contributed by atoms with Gasteiger partial charge >= 0.3 is 5.97 Å². The third-order valence-electron chi connectivity index (χ3n) is 5.04. The summed E-state index contributed by atoms with van der Waals surface area (Å²) in [6.07, 6.45) is 4.07. The zero-order valence-electron chi connectivity index (χ0n) is 16.8. The Morgan fingerprint density at radius 1 is 1.19 bits per heavy atom. The SMILES string of the molecule is COC(=O)C[C@@](C)(/C=C/c1ccc2c(c1)OCO2)O[Si](C)(C)C(C)(C)C. The van der Waals surface area contributed by atoms with Crippen molar-refractivity contribution in [2.75, 3.05) is 13.9 Å². The highest BCUT2D eigenvalue weighted by molar-refractivity contribution is 6.74. The van der Waals surface area contributed by atoms with Crippen LogP contribution in [-0.4, -0.2) is 33.8 Å². The van der Waals surface area contributed by atoms with Gasteiger partial charge in [0, 0.05) is 0 Å². The molecule has 0 amide bonds. The van der Waals surface area contributed by atoms with Crippen molar-refractivity contribution >= 4 is 20.4 Å². The molecule has 0 radical (unpaired) electrons. The Labute approximate surface area is 157 Å². The van der Waals surface area contributed by atoms with Crippen LogP contribution in [0, 0.1) is 0 Å². The van der Waals surface area contributed by atoms with E-state index in [1.54, 1.807) is 0 Å². The number of rotatable bonds is 6. The largest absolute Gasteiger partial charge is 0.469 e. The van der Waals surface area contributed by atoms with E-state index in [1.165, 1.54) is 7.11 Å². The van der Waals surface area contributed by atoms with Gasteiger partial charge in [0.1, 0.15) is 0 Å². The predicted molar refractivity (Wildman–Crippen MR) is 105 cm³/mol. The molecule has 1 aromatic rings. The topological polar surface area (TPSA) is 54.0 Å². The molecule has 6 heteroatoms. The van der Waals surface area contributed by atoms with Gasteiger partial charge in [0.2, 0.25) is 6.79 Å². The van der Waals surface area contributed by atoms with E-state index in [1.807, 2.05) is 37.3 Å². The molecule has 5 nitrogen and oxygen atoms in total. The maximum atomic E-state index is 12.0. The van der Waals surface area contributed by atoms with Crippen LogP contribution >= 0.6 is 0 Å². The number of carbonyl (C=O) groups is 1. The van der Waals surface area contributed by atoms with Crippen molar-refractivity contribution in [2.24, 2.45) is 0 Å². The first-order chi connectivity index (χ1) is 12.0. The van der Waals surface area contributed by atoms with Crippen molar-refractivity contribution in [2.45, 2.75) is 57.8 Å². The molecule has 0 fully saturated rings. The van der Waals surface area contributed by atoms with Crippen molar-refractivity contribution in [3.63, 3.8) is 0 Å². The van der Waals surface area contributed by atoms with Gasteiger partial charge in [-0.05, 0) is 42.8 Å². The van der Waals surface area contributed by atoms with Crippen LogP contribution in [0.25, 0.3) is 6.08 Å². The second-order valence-electron chi connectivity index (χ2n) is 8.37. The molecule has 144 valence electrons. The summed E-state index contributed by atoms with van der Waals surface area (Å²) in [7, 11) is -0.679. The van der Waals surface area contributed by atoms with E-state index in [2.05, 4.69) is 33.9 Å². The summed E-state index contributed by atoms with van der Waals surface area (Å²) in [4.78, 5) is 12.0. The third-order valence-corrected chi connectivity index (χ3v) is 9.63. The average molecular weight is 379 g/mol. The minimum atomic E-state index is -2.08. The van der Waals surface area contributed by atoms with Gasteiger partial charge in [0.25, 0.3) is 0 Å². The van der Waals surface area contributed by atoms with E-state index in [0.29, 0.717) is 0 Å². The van der Waals surface area contributed by atoms with E-state index in [-0.39, 0.29) is 24.2 Å². The van der Waals surface area contributed by atoms with E-state index < -0.39 is 13.9 Å². The first-order valence-electron chi connectivity index (χ1n) is 8.82.